The molecule has 5 nitrogen and oxygen atoms in total. The molecular weight excluding hydrogens is 244 g/mol. The van der Waals surface area contributed by atoms with E-state index in [2.05, 4.69) is 5.32 Å². The van der Waals surface area contributed by atoms with Crippen LogP contribution in [0.25, 0.3) is 0 Å². The van der Waals surface area contributed by atoms with Crippen LogP contribution in [0.4, 0.5) is 0 Å². The molecular formula is C14H20N2O3. The predicted molar refractivity (Wildman–Crippen MR) is 70.0 cm³/mol. The molecule has 1 aromatic rings. The van der Waals surface area contributed by atoms with Crippen LogP contribution in [0.1, 0.15) is 42.7 Å². The van der Waals surface area contributed by atoms with Crippen molar-refractivity contribution in [2.24, 2.45) is 0 Å². The van der Waals surface area contributed by atoms with Gasteiger partial charge in [0.25, 0.3) is 5.91 Å². The van der Waals surface area contributed by atoms with Gasteiger partial charge in [-0.1, -0.05) is 0 Å². The standard InChI is InChI=1S/C14H20N2O3/c1-10-14(18,6-8-19-10)9-15-13(17)12-3-2-7-16(12)11-4-5-11/h2-3,7,10-11,18H,4-6,8-9H2,1H3,(H,15,17). The van der Waals surface area contributed by atoms with Crippen LogP contribution in [0.2, 0.25) is 0 Å². The molecule has 2 heterocycles. The zero-order valence-corrected chi connectivity index (χ0v) is 11.1. The highest BCUT2D eigenvalue weighted by Crippen LogP contribution is 2.36. The summed E-state index contributed by atoms with van der Waals surface area (Å²) in [6.07, 6.45) is 4.57. The first-order valence-electron chi connectivity index (χ1n) is 6.89. The number of amides is 1. The molecule has 104 valence electrons. The maximum atomic E-state index is 12.2. The van der Waals surface area contributed by atoms with Crippen LogP contribution < -0.4 is 5.32 Å². The first kappa shape index (κ1) is 12.7. The number of hydrogen-bond donors (Lipinski definition) is 2. The number of carbonyl (C=O) groups excluding carboxylic acids is 1. The smallest absolute Gasteiger partial charge is 0.268 e. The first-order valence-corrected chi connectivity index (χ1v) is 6.89. The Hall–Kier alpha value is -1.33. The average Bonchev–Trinajstić information content (AvgIpc) is 3.03. The molecule has 2 atom stereocenters. The van der Waals surface area contributed by atoms with Crippen LogP contribution in [0.15, 0.2) is 18.3 Å². The summed E-state index contributed by atoms with van der Waals surface area (Å²) in [5, 5.41) is 13.2. The van der Waals surface area contributed by atoms with Crippen molar-refractivity contribution >= 4 is 5.91 Å². The number of rotatable bonds is 4. The molecule has 3 rings (SSSR count). The molecule has 1 aliphatic carbocycles. The molecule has 1 saturated heterocycles. The second-order valence-corrected chi connectivity index (χ2v) is 5.58. The van der Waals surface area contributed by atoms with Crippen molar-refractivity contribution in [1.29, 1.82) is 0 Å². The number of hydrogen-bond acceptors (Lipinski definition) is 3. The fourth-order valence-electron chi connectivity index (χ4n) is 2.58. The maximum Gasteiger partial charge on any atom is 0.268 e. The average molecular weight is 264 g/mol. The highest BCUT2D eigenvalue weighted by Gasteiger charge is 2.40. The van der Waals surface area contributed by atoms with E-state index in [4.69, 9.17) is 4.74 Å². The lowest BCUT2D eigenvalue weighted by molar-refractivity contribution is -0.0252. The van der Waals surface area contributed by atoms with Crippen LogP contribution in [0.5, 0.6) is 0 Å². The fraction of sp³-hybridized carbons (Fsp3) is 0.643. The molecule has 1 aromatic heterocycles. The van der Waals surface area contributed by atoms with Crippen molar-refractivity contribution in [2.75, 3.05) is 13.2 Å². The van der Waals surface area contributed by atoms with Crippen molar-refractivity contribution < 1.29 is 14.6 Å². The van der Waals surface area contributed by atoms with E-state index < -0.39 is 5.60 Å². The van der Waals surface area contributed by atoms with Crippen LogP contribution >= 0.6 is 0 Å². The summed E-state index contributed by atoms with van der Waals surface area (Å²) >= 11 is 0. The number of nitrogens with zero attached hydrogens (tertiary/aromatic N) is 1. The molecule has 0 spiro atoms. The molecule has 19 heavy (non-hydrogen) atoms. The minimum Gasteiger partial charge on any atom is -0.385 e. The molecule has 2 N–H and O–H groups in total. The van der Waals surface area contributed by atoms with Crippen molar-refractivity contribution in [3.8, 4) is 0 Å². The SMILES string of the molecule is CC1OCCC1(O)CNC(=O)c1cccn1C1CC1. The number of ether oxygens (including phenoxy) is 1. The normalized spacial score (nSPS) is 30.5. The quantitative estimate of drug-likeness (QED) is 0.855. The summed E-state index contributed by atoms with van der Waals surface area (Å²) in [7, 11) is 0. The molecule has 0 aromatic carbocycles. The Kier molecular flexibility index (Phi) is 3.11. The molecule has 1 amide bonds. The minimum atomic E-state index is -0.938. The Morgan fingerprint density at radius 1 is 1.63 bits per heavy atom. The van der Waals surface area contributed by atoms with E-state index >= 15 is 0 Å². The van der Waals surface area contributed by atoms with E-state index in [1.165, 1.54) is 0 Å². The monoisotopic (exact) mass is 264 g/mol. The van der Waals surface area contributed by atoms with Crippen molar-refractivity contribution in [2.45, 2.75) is 43.9 Å². The van der Waals surface area contributed by atoms with Gasteiger partial charge < -0.3 is 19.7 Å². The summed E-state index contributed by atoms with van der Waals surface area (Å²) in [6.45, 7) is 2.63. The molecule has 0 bridgehead atoms. The fourth-order valence-corrected chi connectivity index (χ4v) is 2.58. The Bertz CT molecular complexity index is 481. The Morgan fingerprint density at radius 2 is 2.42 bits per heavy atom. The van der Waals surface area contributed by atoms with Gasteiger partial charge in [0.1, 0.15) is 11.3 Å². The van der Waals surface area contributed by atoms with Gasteiger partial charge in [-0.3, -0.25) is 4.79 Å². The molecule has 1 saturated carbocycles. The highest BCUT2D eigenvalue weighted by molar-refractivity contribution is 5.92. The van der Waals surface area contributed by atoms with Crippen LogP contribution in [-0.4, -0.2) is 40.4 Å². The van der Waals surface area contributed by atoms with Gasteiger partial charge in [-0.25, -0.2) is 0 Å². The van der Waals surface area contributed by atoms with Crippen molar-refractivity contribution in [1.82, 2.24) is 9.88 Å². The summed E-state index contributed by atoms with van der Waals surface area (Å²) < 4.78 is 7.38. The van der Waals surface area contributed by atoms with E-state index in [-0.39, 0.29) is 18.6 Å². The van der Waals surface area contributed by atoms with Crippen molar-refractivity contribution in [3.63, 3.8) is 0 Å². The molecule has 2 aliphatic rings. The van der Waals surface area contributed by atoms with Crippen molar-refractivity contribution in [3.05, 3.63) is 24.0 Å². The van der Waals surface area contributed by atoms with Gasteiger partial charge in [0.15, 0.2) is 0 Å². The lowest BCUT2D eigenvalue weighted by Crippen LogP contribution is -2.47. The minimum absolute atomic E-state index is 0.121. The van der Waals surface area contributed by atoms with E-state index in [9.17, 15) is 9.90 Å². The number of nitrogens with one attached hydrogen (secondary N) is 1. The summed E-state index contributed by atoms with van der Waals surface area (Å²) in [6, 6.07) is 4.20. The van der Waals surface area contributed by atoms with Gasteiger partial charge in [0.2, 0.25) is 0 Å². The second-order valence-electron chi connectivity index (χ2n) is 5.58. The van der Waals surface area contributed by atoms with Gasteiger partial charge in [0, 0.05) is 31.8 Å². The number of carbonyl (C=O) groups is 1. The van der Waals surface area contributed by atoms with E-state index in [1.807, 2.05) is 29.8 Å². The Balaban J connectivity index is 1.63. The van der Waals surface area contributed by atoms with Gasteiger partial charge in [-0.2, -0.15) is 0 Å². The summed E-state index contributed by atoms with van der Waals surface area (Å²) in [5.41, 5.74) is -0.259. The maximum absolute atomic E-state index is 12.2. The predicted octanol–water partition coefficient (Wildman–Crippen LogP) is 1.09. The zero-order chi connectivity index (χ0) is 13.5. The first-order chi connectivity index (χ1) is 9.10. The lowest BCUT2D eigenvalue weighted by atomic mass is 9.97. The van der Waals surface area contributed by atoms with E-state index in [1.54, 1.807) is 0 Å². The largest absolute Gasteiger partial charge is 0.385 e. The molecule has 2 unspecified atom stereocenters. The van der Waals surface area contributed by atoms with Gasteiger partial charge in [-0.05, 0) is 31.9 Å². The van der Waals surface area contributed by atoms with Crippen LogP contribution in [0.3, 0.4) is 0 Å². The summed E-state index contributed by atoms with van der Waals surface area (Å²) in [5.74, 6) is -0.121. The third-order valence-corrected chi connectivity index (χ3v) is 4.17. The van der Waals surface area contributed by atoms with Crippen LogP contribution in [-0.2, 0) is 4.74 Å². The molecule has 1 aliphatic heterocycles. The highest BCUT2D eigenvalue weighted by atomic mass is 16.5. The summed E-state index contributed by atoms with van der Waals surface area (Å²) in [4.78, 5) is 12.2. The van der Waals surface area contributed by atoms with Gasteiger partial charge in [-0.15, -0.1) is 0 Å². The lowest BCUT2D eigenvalue weighted by Gasteiger charge is -2.26. The molecule has 2 fully saturated rings. The molecule has 0 radical (unpaired) electrons. The number of aliphatic hydroxyl groups is 1. The molecule has 5 heteroatoms. The zero-order valence-electron chi connectivity index (χ0n) is 11.1. The van der Waals surface area contributed by atoms with Gasteiger partial charge in [0.05, 0.1) is 6.10 Å². The van der Waals surface area contributed by atoms with Gasteiger partial charge >= 0.3 is 0 Å². The second kappa shape index (κ2) is 4.65. The number of aromatic nitrogens is 1. The van der Waals surface area contributed by atoms with E-state index in [0.29, 0.717) is 24.8 Å². The topological polar surface area (TPSA) is 63.5 Å². The Morgan fingerprint density at radius 3 is 3.05 bits per heavy atom. The van der Waals surface area contributed by atoms with E-state index in [0.717, 1.165) is 12.8 Å². The third kappa shape index (κ3) is 2.40. The van der Waals surface area contributed by atoms with Crippen LogP contribution in [0, 0.1) is 0 Å². The third-order valence-electron chi connectivity index (χ3n) is 4.17. The Labute approximate surface area is 112 Å².